The molecule has 0 atom stereocenters. The highest BCUT2D eigenvalue weighted by Gasteiger charge is 2.19. The summed E-state index contributed by atoms with van der Waals surface area (Å²) < 4.78 is 11.6. The van der Waals surface area contributed by atoms with Gasteiger partial charge in [-0.05, 0) is 61.9 Å². The first-order chi connectivity index (χ1) is 19.1. The van der Waals surface area contributed by atoms with Crippen molar-refractivity contribution in [2.24, 2.45) is 0 Å². The Morgan fingerprint density at radius 3 is 2.38 bits per heavy atom. The van der Waals surface area contributed by atoms with Crippen LogP contribution >= 0.6 is 0 Å². The Balaban J connectivity index is 1.08. The van der Waals surface area contributed by atoms with Gasteiger partial charge in [0, 0.05) is 56.6 Å². The Morgan fingerprint density at radius 2 is 1.67 bits per heavy atom. The van der Waals surface area contributed by atoms with E-state index in [1.165, 1.54) is 16.8 Å². The third kappa shape index (κ3) is 7.28. The number of rotatable bonds is 11. The fraction of sp³-hybridized carbons (Fsp3) is 0.364. The molecule has 6 nitrogen and oxygen atoms in total. The zero-order chi connectivity index (χ0) is 27.0. The molecule has 0 saturated carbocycles. The second-order valence-electron chi connectivity index (χ2n) is 10.5. The van der Waals surface area contributed by atoms with Gasteiger partial charge in [0.25, 0.3) is 0 Å². The van der Waals surface area contributed by atoms with Crippen LogP contribution in [0, 0.1) is 13.8 Å². The van der Waals surface area contributed by atoms with Crippen molar-refractivity contribution >= 4 is 5.69 Å². The Kier molecular flexibility index (Phi) is 8.96. The van der Waals surface area contributed by atoms with E-state index in [1.54, 1.807) is 0 Å². The van der Waals surface area contributed by atoms with Gasteiger partial charge in [0.2, 0.25) is 0 Å². The molecule has 1 aliphatic rings. The fourth-order valence-corrected chi connectivity index (χ4v) is 5.21. The first-order valence-corrected chi connectivity index (χ1v) is 14.1. The van der Waals surface area contributed by atoms with E-state index in [0.717, 1.165) is 80.7 Å². The van der Waals surface area contributed by atoms with Crippen molar-refractivity contribution in [2.45, 2.75) is 33.9 Å². The maximum absolute atomic E-state index is 5.91. The highest BCUT2D eigenvalue weighted by Crippen LogP contribution is 2.24. The summed E-state index contributed by atoms with van der Waals surface area (Å²) in [4.78, 5) is 7.54. The summed E-state index contributed by atoms with van der Waals surface area (Å²) in [5.41, 5.74) is 7.13. The van der Waals surface area contributed by atoms with E-state index in [2.05, 4.69) is 77.0 Å². The second kappa shape index (κ2) is 13.0. The molecule has 1 saturated heterocycles. The molecule has 1 aromatic heterocycles. The first-order valence-electron chi connectivity index (χ1n) is 14.1. The average molecular weight is 525 g/mol. The Labute approximate surface area is 232 Å². The van der Waals surface area contributed by atoms with Crippen LogP contribution in [0.1, 0.15) is 29.4 Å². The number of benzene rings is 3. The molecule has 3 aromatic carbocycles. The minimum absolute atomic E-state index is 0.559. The second-order valence-corrected chi connectivity index (χ2v) is 10.5. The minimum atomic E-state index is 0.559. The molecule has 0 bridgehead atoms. The van der Waals surface area contributed by atoms with Crippen molar-refractivity contribution in [3.63, 3.8) is 0 Å². The number of aryl methyl sites for hydroxylation is 2. The zero-order valence-corrected chi connectivity index (χ0v) is 23.5. The van der Waals surface area contributed by atoms with Gasteiger partial charge in [0.05, 0.1) is 6.54 Å². The van der Waals surface area contributed by atoms with Crippen molar-refractivity contribution in [1.29, 1.82) is 0 Å². The molecule has 5 rings (SSSR count). The third-order valence-corrected chi connectivity index (χ3v) is 7.58. The van der Waals surface area contributed by atoms with Crippen LogP contribution in [0.3, 0.4) is 0 Å². The van der Waals surface area contributed by atoms with Crippen molar-refractivity contribution in [1.82, 2.24) is 15.0 Å². The van der Waals surface area contributed by atoms with Gasteiger partial charge in [-0.25, -0.2) is 0 Å². The molecular weight excluding hydrogens is 484 g/mol. The molecule has 0 N–H and O–H groups in total. The normalized spacial score (nSPS) is 14.2. The molecular formula is C33H40N4O2. The van der Waals surface area contributed by atoms with E-state index in [0.29, 0.717) is 6.61 Å². The van der Waals surface area contributed by atoms with Crippen LogP contribution in [-0.4, -0.2) is 60.8 Å². The van der Waals surface area contributed by atoms with Crippen LogP contribution in [0.5, 0.6) is 5.75 Å². The van der Waals surface area contributed by atoms with E-state index in [4.69, 9.17) is 9.26 Å². The van der Waals surface area contributed by atoms with Gasteiger partial charge < -0.3 is 14.2 Å². The monoisotopic (exact) mass is 524 g/mol. The highest BCUT2D eigenvalue weighted by molar-refractivity contribution is 5.60. The topological polar surface area (TPSA) is 45.0 Å². The highest BCUT2D eigenvalue weighted by atomic mass is 16.5. The number of hydrogen-bond donors (Lipinski definition) is 0. The summed E-state index contributed by atoms with van der Waals surface area (Å²) in [5.74, 6) is 1.74. The Morgan fingerprint density at radius 1 is 0.897 bits per heavy atom. The third-order valence-electron chi connectivity index (χ3n) is 7.58. The van der Waals surface area contributed by atoms with Crippen LogP contribution in [0.2, 0.25) is 0 Å². The molecule has 1 aliphatic heterocycles. The van der Waals surface area contributed by atoms with Gasteiger partial charge in [-0.1, -0.05) is 60.1 Å². The summed E-state index contributed by atoms with van der Waals surface area (Å²) >= 11 is 0. The summed E-state index contributed by atoms with van der Waals surface area (Å²) in [6.45, 7) is 15.3. The molecule has 1 fully saturated rings. The van der Waals surface area contributed by atoms with E-state index in [-0.39, 0.29) is 0 Å². The number of nitrogens with zero attached hydrogens (tertiary/aromatic N) is 4. The van der Waals surface area contributed by atoms with Gasteiger partial charge in [-0.2, -0.15) is 0 Å². The van der Waals surface area contributed by atoms with Crippen LogP contribution in [0.4, 0.5) is 5.69 Å². The maximum atomic E-state index is 5.91. The summed E-state index contributed by atoms with van der Waals surface area (Å²) in [5, 5.41) is 4.34. The predicted octanol–water partition coefficient (Wildman–Crippen LogP) is 6.18. The van der Waals surface area contributed by atoms with Gasteiger partial charge in [-0.15, -0.1) is 0 Å². The maximum Gasteiger partial charge on any atom is 0.151 e. The minimum Gasteiger partial charge on any atom is -0.489 e. The number of anilines is 1. The summed E-state index contributed by atoms with van der Waals surface area (Å²) in [6, 6.07) is 27.1. The number of hydrogen-bond acceptors (Lipinski definition) is 6. The average Bonchev–Trinajstić information content (AvgIpc) is 3.44. The summed E-state index contributed by atoms with van der Waals surface area (Å²) in [6.07, 6.45) is 0. The Bertz CT molecular complexity index is 1310. The lowest BCUT2D eigenvalue weighted by atomic mass is 10.1. The fourth-order valence-electron chi connectivity index (χ4n) is 5.21. The number of aromatic nitrogens is 1. The molecule has 0 spiro atoms. The first kappa shape index (κ1) is 27.0. The SMILES string of the molecule is CCN(CCN1CCN(c2ccc(C)cc2C)CC1)Cc1cc(-c2ccc(OCc3ccccc3)cc2)no1. The van der Waals surface area contributed by atoms with Crippen LogP contribution in [-0.2, 0) is 13.2 Å². The predicted molar refractivity (Wildman–Crippen MR) is 158 cm³/mol. The molecule has 0 amide bonds. The quantitative estimate of drug-likeness (QED) is 0.233. The van der Waals surface area contributed by atoms with E-state index in [1.807, 2.05) is 42.5 Å². The van der Waals surface area contributed by atoms with Gasteiger partial charge in [0.1, 0.15) is 18.1 Å². The Hall–Kier alpha value is -3.61. The number of piperazine rings is 1. The van der Waals surface area contributed by atoms with Crippen LogP contribution in [0.15, 0.2) is 83.4 Å². The smallest absolute Gasteiger partial charge is 0.151 e. The number of ether oxygens (including phenoxy) is 1. The molecule has 39 heavy (non-hydrogen) atoms. The lowest BCUT2D eigenvalue weighted by Gasteiger charge is -2.37. The van der Waals surface area contributed by atoms with Crippen molar-refractivity contribution in [3.8, 4) is 17.0 Å². The molecule has 0 unspecified atom stereocenters. The van der Waals surface area contributed by atoms with E-state index >= 15 is 0 Å². The molecule has 2 heterocycles. The largest absolute Gasteiger partial charge is 0.489 e. The van der Waals surface area contributed by atoms with Gasteiger partial charge in [0.15, 0.2) is 5.76 Å². The molecule has 0 aliphatic carbocycles. The zero-order valence-electron chi connectivity index (χ0n) is 23.5. The lowest BCUT2D eigenvalue weighted by molar-refractivity contribution is 0.185. The van der Waals surface area contributed by atoms with Crippen molar-refractivity contribution in [3.05, 3.63) is 101 Å². The van der Waals surface area contributed by atoms with E-state index in [9.17, 15) is 0 Å². The molecule has 6 heteroatoms. The standard InChI is InChI=1S/C33H40N4O2/c1-4-35(16-17-36-18-20-37(21-19-36)33-15-10-26(2)22-27(33)3)24-31-23-32(34-39-31)29-11-13-30(14-12-29)38-25-28-8-6-5-7-9-28/h5-15,22-23H,4,16-21,24-25H2,1-3H3. The molecule has 0 radical (unpaired) electrons. The number of likely N-dealkylation sites (N-methyl/N-ethyl adjacent to an activating group) is 1. The van der Waals surface area contributed by atoms with Crippen LogP contribution < -0.4 is 9.64 Å². The van der Waals surface area contributed by atoms with Gasteiger partial charge >= 0.3 is 0 Å². The summed E-state index contributed by atoms with van der Waals surface area (Å²) in [7, 11) is 0. The van der Waals surface area contributed by atoms with Gasteiger partial charge in [-0.3, -0.25) is 9.80 Å². The molecule has 204 valence electrons. The van der Waals surface area contributed by atoms with Crippen molar-refractivity contribution in [2.75, 3.05) is 50.7 Å². The van der Waals surface area contributed by atoms with Crippen molar-refractivity contribution < 1.29 is 9.26 Å². The molecule has 4 aromatic rings. The van der Waals surface area contributed by atoms with Crippen LogP contribution in [0.25, 0.3) is 11.3 Å². The lowest BCUT2D eigenvalue weighted by Crippen LogP contribution is -2.48. The van der Waals surface area contributed by atoms with E-state index < -0.39 is 0 Å².